The summed E-state index contributed by atoms with van der Waals surface area (Å²) in [5.74, 6) is 2.64. The standard InChI is InChI=1S/C11H21N3O/c1-4-6-9(5-2)14-10(8-12)7-11(15)13-3/h2,9-10,14H,4,6-8,12H2,1,3H3,(H,13,15). The number of nitrogens with one attached hydrogen (secondary N) is 2. The molecule has 0 rings (SSSR count). The molecule has 0 heterocycles. The molecule has 0 aromatic carbocycles. The van der Waals surface area contributed by atoms with Gasteiger partial charge < -0.3 is 11.1 Å². The Bertz CT molecular complexity index is 222. The first kappa shape index (κ1) is 13.9. The zero-order chi connectivity index (χ0) is 11.7. The first-order valence-electron chi connectivity index (χ1n) is 5.30. The number of hydrogen-bond donors (Lipinski definition) is 3. The molecule has 0 aromatic heterocycles. The average Bonchev–Trinajstić information content (AvgIpc) is 2.26. The number of hydrogen-bond acceptors (Lipinski definition) is 3. The highest BCUT2D eigenvalue weighted by Gasteiger charge is 2.14. The Morgan fingerprint density at radius 3 is 2.67 bits per heavy atom. The Morgan fingerprint density at radius 2 is 2.27 bits per heavy atom. The first-order valence-corrected chi connectivity index (χ1v) is 5.30. The van der Waals surface area contributed by atoms with E-state index in [1.54, 1.807) is 7.05 Å². The van der Waals surface area contributed by atoms with Crippen molar-refractivity contribution in [3.63, 3.8) is 0 Å². The van der Waals surface area contributed by atoms with Crippen molar-refractivity contribution in [3.05, 3.63) is 0 Å². The van der Waals surface area contributed by atoms with Crippen LogP contribution in [0.5, 0.6) is 0 Å². The lowest BCUT2D eigenvalue weighted by Crippen LogP contribution is -2.44. The van der Waals surface area contributed by atoms with Crippen molar-refractivity contribution in [2.45, 2.75) is 38.3 Å². The fraction of sp³-hybridized carbons (Fsp3) is 0.727. The van der Waals surface area contributed by atoms with E-state index in [9.17, 15) is 4.79 Å². The molecule has 2 unspecified atom stereocenters. The van der Waals surface area contributed by atoms with Crippen LogP contribution < -0.4 is 16.4 Å². The molecule has 4 nitrogen and oxygen atoms in total. The van der Waals surface area contributed by atoms with Gasteiger partial charge in [0.1, 0.15) is 0 Å². The number of carbonyl (C=O) groups excluding carboxylic acids is 1. The van der Waals surface area contributed by atoms with Crippen LogP contribution in [0.4, 0.5) is 0 Å². The molecular formula is C11H21N3O. The second-order valence-electron chi connectivity index (χ2n) is 3.48. The lowest BCUT2D eigenvalue weighted by molar-refractivity contribution is -0.121. The van der Waals surface area contributed by atoms with Gasteiger partial charge in [-0.05, 0) is 6.42 Å². The molecule has 0 saturated heterocycles. The van der Waals surface area contributed by atoms with E-state index < -0.39 is 0 Å². The van der Waals surface area contributed by atoms with Crippen molar-refractivity contribution < 1.29 is 4.79 Å². The summed E-state index contributed by atoms with van der Waals surface area (Å²) in [5.41, 5.74) is 5.56. The van der Waals surface area contributed by atoms with E-state index in [2.05, 4.69) is 23.5 Å². The molecule has 4 heteroatoms. The first-order chi connectivity index (χ1) is 7.17. The van der Waals surface area contributed by atoms with E-state index in [1.807, 2.05) is 0 Å². The third kappa shape index (κ3) is 6.10. The third-order valence-corrected chi connectivity index (χ3v) is 2.21. The number of carbonyl (C=O) groups is 1. The predicted molar refractivity (Wildman–Crippen MR) is 62.2 cm³/mol. The second-order valence-corrected chi connectivity index (χ2v) is 3.48. The minimum atomic E-state index is -0.0439. The minimum absolute atomic E-state index is 0.00760. The molecule has 0 saturated carbocycles. The van der Waals surface area contributed by atoms with Crippen LogP contribution in [0.2, 0.25) is 0 Å². The average molecular weight is 211 g/mol. The number of terminal acetylenes is 1. The SMILES string of the molecule is C#CC(CCC)NC(CN)CC(=O)NC. The van der Waals surface area contributed by atoms with Crippen molar-refractivity contribution in [1.29, 1.82) is 0 Å². The Kier molecular flexibility index (Phi) is 7.69. The molecular weight excluding hydrogens is 190 g/mol. The van der Waals surface area contributed by atoms with E-state index in [0.717, 1.165) is 12.8 Å². The summed E-state index contributed by atoms with van der Waals surface area (Å²) in [6.45, 7) is 2.48. The summed E-state index contributed by atoms with van der Waals surface area (Å²) in [4.78, 5) is 11.2. The van der Waals surface area contributed by atoms with E-state index >= 15 is 0 Å². The summed E-state index contributed by atoms with van der Waals surface area (Å²) in [7, 11) is 1.61. The van der Waals surface area contributed by atoms with Crippen molar-refractivity contribution in [2.75, 3.05) is 13.6 Å². The predicted octanol–water partition coefficient (Wildman–Crippen LogP) is -0.159. The van der Waals surface area contributed by atoms with Gasteiger partial charge in [0.15, 0.2) is 0 Å². The van der Waals surface area contributed by atoms with Gasteiger partial charge in [0.25, 0.3) is 0 Å². The molecule has 0 aromatic rings. The van der Waals surface area contributed by atoms with Crippen molar-refractivity contribution in [2.24, 2.45) is 5.73 Å². The van der Waals surface area contributed by atoms with E-state index in [0.29, 0.717) is 13.0 Å². The third-order valence-electron chi connectivity index (χ3n) is 2.21. The molecule has 15 heavy (non-hydrogen) atoms. The van der Waals surface area contributed by atoms with E-state index in [1.165, 1.54) is 0 Å². The maximum atomic E-state index is 11.2. The fourth-order valence-electron chi connectivity index (χ4n) is 1.32. The smallest absolute Gasteiger partial charge is 0.221 e. The summed E-state index contributed by atoms with van der Waals surface area (Å²) < 4.78 is 0. The molecule has 0 fully saturated rings. The molecule has 0 bridgehead atoms. The van der Waals surface area contributed by atoms with Gasteiger partial charge >= 0.3 is 0 Å². The lowest BCUT2D eigenvalue weighted by atomic mass is 10.1. The molecule has 1 amide bonds. The van der Waals surface area contributed by atoms with Crippen molar-refractivity contribution in [1.82, 2.24) is 10.6 Å². The summed E-state index contributed by atoms with van der Waals surface area (Å²) in [6.07, 6.45) is 7.66. The highest BCUT2D eigenvalue weighted by Crippen LogP contribution is 1.99. The van der Waals surface area contributed by atoms with Crippen LogP contribution in [-0.4, -0.2) is 31.6 Å². The van der Waals surface area contributed by atoms with Crippen LogP contribution >= 0.6 is 0 Å². The van der Waals surface area contributed by atoms with Gasteiger partial charge in [0, 0.05) is 26.1 Å². The number of rotatable bonds is 7. The number of nitrogens with two attached hydrogens (primary N) is 1. The zero-order valence-electron chi connectivity index (χ0n) is 9.55. The summed E-state index contributed by atoms with van der Waals surface area (Å²) in [5, 5.41) is 5.76. The van der Waals surface area contributed by atoms with Gasteiger partial charge in [-0.25, -0.2) is 0 Å². The van der Waals surface area contributed by atoms with Crippen LogP contribution in [0.25, 0.3) is 0 Å². The van der Waals surface area contributed by atoms with Gasteiger partial charge in [-0.2, -0.15) is 0 Å². The minimum Gasteiger partial charge on any atom is -0.359 e. The Balaban J connectivity index is 4.07. The van der Waals surface area contributed by atoms with Crippen LogP contribution in [0.15, 0.2) is 0 Å². The van der Waals surface area contributed by atoms with Crippen molar-refractivity contribution >= 4 is 5.91 Å². The summed E-state index contributed by atoms with van der Waals surface area (Å²) in [6, 6.07) is -0.0363. The van der Waals surface area contributed by atoms with E-state index in [-0.39, 0.29) is 18.0 Å². The highest BCUT2D eigenvalue weighted by atomic mass is 16.1. The van der Waals surface area contributed by atoms with E-state index in [4.69, 9.17) is 12.2 Å². The summed E-state index contributed by atoms with van der Waals surface area (Å²) >= 11 is 0. The maximum absolute atomic E-state index is 11.2. The topological polar surface area (TPSA) is 67.1 Å². The van der Waals surface area contributed by atoms with Gasteiger partial charge in [-0.1, -0.05) is 19.3 Å². The lowest BCUT2D eigenvalue weighted by Gasteiger charge is -2.20. The largest absolute Gasteiger partial charge is 0.359 e. The van der Waals surface area contributed by atoms with Crippen LogP contribution in [0.3, 0.4) is 0 Å². The normalized spacial score (nSPS) is 14.0. The zero-order valence-corrected chi connectivity index (χ0v) is 9.55. The highest BCUT2D eigenvalue weighted by molar-refractivity contribution is 5.76. The Morgan fingerprint density at radius 1 is 1.60 bits per heavy atom. The maximum Gasteiger partial charge on any atom is 0.221 e. The fourth-order valence-corrected chi connectivity index (χ4v) is 1.32. The van der Waals surface area contributed by atoms with Crippen LogP contribution in [-0.2, 0) is 4.79 Å². The molecule has 2 atom stereocenters. The Labute approximate surface area is 92.0 Å². The van der Waals surface area contributed by atoms with Crippen molar-refractivity contribution in [3.8, 4) is 12.3 Å². The molecule has 0 spiro atoms. The Hall–Kier alpha value is -1.05. The van der Waals surface area contributed by atoms with Crippen LogP contribution in [0.1, 0.15) is 26.2 Å². The second kappa shape index (κ2) is 8.27. The number of amides is 1. The molecule has 0 aliphatic carbocycles. The van der Waals surface area contributed by atoms with Gasteiger partial charge in [-0.15, -0.1) is 6.42 Å². The molecule has 0 radical (unpaired) electrons. The monoisotopic (exact) mass is 211 g/mol. The van der Waals surface area contributed by atoms with Gasteiger partial charge in [0.05, 0.1) is 6.04 Å². The molecule has 0 aliphatic rings. The molecule has 0 aliphatic heterocycles. The van der Waals surface area contributed by atoms with Crippen LogP contribution in [0, 0.1) is 12.3 Å². The molecule has 86 valence electrons. The van der Waals surface area contributed by atoms with Gasteiger partial charge in [-0.3, -0.25) is 10.1 Å². The van der Waals surface area contributed by atoms with Gasteiger partial charge in [0.2, 0.25) is 5.91 Å². The quantitative estimate of drug-likeness (QED) is 0.513. The molecule has 4 N–H and O–H groups in total.